The molecule has 3 heterocycles. The Bertz CT molecular complexity index is 898. The van der Waals surface area contributed by atoms with Gasteiger partial charge in [-0.15, -0.1) is 0 Å². The minimum atomic E-state index is 0.274. The van der Waals surface area contributed by atoms with Crippen molar-refractivity contribution in [2.45, 2.75) is 57.8 Å². The first-order valence-corrected chi connectivity index (χ1v) is 10.5. The van der Waals surface area contributed by atoms with Gasteiger partial charge < -0.3 is 5.32 Å². The Morgan fingerprint density at radius 3 is 2.63 bits per heavy atom. The number of carbonyl (C=O) groups is 1. The zero-order valence-corrected chi connectivity index (χ0v) is 16.1. The van der Waals surface area contributed by atoms with E-state index in [0.717, 1.165) is 63.7 Å². The second kappa shape index (κ2) is 6.86. The molecular weight excluding hydrogens is 336 g/mol. The van der Waals surface area contributed by atoms with Gasteiger partial charge >= 0.3 is 0 Å². The molecule has 0 amide bonds. The van der Waals surface area contributed by atoms with Crippen LogP contribution in [-0.2, 0) is 11.2 Å². The fourth-order valence-electron chi connectivity index (χ4n) is 5.26. The summed E-state index contributed by atoms with van der Waals surface area (Å²) in [5, 5.41) is 3.44. The van der Waals surface area contributed by atoms with Gasteiger partial charge in [-0.2, -0.15) is 0 Å². The summed E-state index contributed by atoms with van der Waals surface area (Å²) < 4.78 is 2.30. The molecule has 0 aromatic carbocycles. The number of nitrogens with one attached hydrogen (secondary N) is 1. The summed E-state index contributed by atoms with van der Waals surface area (Å²) in [6, 6.07) is 0. The summed E-state index contributed by atoms with van der Waals surface area (Å²) in [5.41, 5.74) is 6.11. The number of hydrogen-bond acceptors (Lipinski definition) is 4. The van der Waals surface area contributed by atoms with Gasteiger partial charge in [0.1, 0.15) is 5.78 Å². The van der Waals surface area contributed by atoms with Gasteiger partial charge in [-0.25, -0.2) is 4.98 Å². The van der Waals surface area contributed by atoms with Gasteiger partial charge in [-0.1, -0.05) is 6.08 Å². The summed E-state index contributed by atoms with van der Waals surface area (Å²) >= 11 is 0. The number of ketones is 1. The zero-order valence-electron chi connectivity index (χ0n) is 16.1. The van der Waals surface area contributed by atoms with Crippen LogP contribution in [0.15, 0.2) is 18.5 Å². The smallest absolute Gasteiger partial charge is 0.156 e. The molecule has 0 atom stereocenters. The molecule has 2 aliphatic carbocycles. The molecule has 1 N–H and O–H groups in total. The van der Waals surface area contributed by atoms with Gasteiger partial charge in [0.05, 0.1) is 23.3 Å². The van der Waals surface area contributed by atoms with Crippen molar-refractivity contribution in [3.8, 4) is 0 Å². The van der Waals surface area contributed by atoms with E-state index in [1.54, 1.807) is 6.92 Å². The van der Waals surface area contributed by atoms with E-state index in [2.05, 4.69) is 22.0 Å². The van der Waals surface area contributed by atoms with Gasteiger partial charge in [-0.3, -0.25) is 14.2 Å². The number of aromatic nitrogens is 3. The molecule has 5 nitrogen and oxygen atoms in total. The first-order chi connectivity index (χ1) is 13.2. The van der Waals surface area contributed by atoms with E-state index in [4.69, 9.17) is 9.97 Å². The molecule has 0 unspecified atom stereocenters. The fraction of sp³-hybridized carbons (Fsp3) is 0.591. The molecule has 1 saturated carbocycles. The average molecular weight is 364 g/mol. The number of rotatable bonds is 3. The summed E-state index contributed by atoms with van der Waals surface area (Å²) in [6.07, 6.45) is 14.1. The predicted octanol–water partition coefficient (Wildman–Crippen LogP) is 3.53. The Kier molecular flexibility index (Phi) is 4.35. The van der Waals surface area contributed by atoms with Crippen LogP contribution in [-0.4, -0.2) is 33.2 Å². The first-order valence-electron chi connectivity index (χ1n) is 10.5. The second-order valence-corrected chi connectivity index (χ2v) is 8.49. The molecule has 1 aliphatic heterocycles. The van der Waals surface area contributed by atoms with Crippen LogP contribution in [0.1, 0.15) is 68.4 Å². The van der Waals surface area contributed by atoms with Crippen molar-refractivity contribution in [1.82, 2.24) is 19.7 Å². The number of piperidine rings is 1. The third kappa shape index (κ3) is 3.02. The van der Waals surface area contributed by atoms with Crippen molar-refractivity contribution in [3.63, 3.8) is 0 Å². The lowest BCUT2D eigenvalue weighted by Gasteiger charge is -2.28. The molecule has 5 heteroatoms. The van der Waals surface area contributed by atoms with Gasteiger partial charge in [0.25, 0.3) is 0 Å². The topological polar surface area (TPSA) is 59.3 Å². The Balaban J connectivity index is 1.46. The second-order valence-electron chi connectivity index (χ2n) is 8.49. The Labute approximate surface area is 160 Å². The van der Waals surface area contributed by atoms with Gasteiger partial charge in [0, 0.05) is 24.5 Å². The number of imidazole rings is 1. The molecule has 3 aliphatic rings. The maximum absolute atomic E-state index is 11.7. The summed E-state index contributed by atoms with van der Waals surface area (Å²) in [4.78, 5) is 21.4. The van der Waals surface area contributed by atoms with Crippen LogP contribution in [0.25, 0.3) is 11.2 Å². The molecule has 0 radical (unpaired) electrons. The molecule has 0 spiro atoms. The van der Waals surface area contributed by atoms with Gasteiger partial charge in [-0.05, 0) is 70.0 Å². The maximum Gasteiger partial charge on any atom is 0.156 e. The van der Waals surface area contributed by atoms with Crippen molar-refractivity contribution < 1.29 is 4.79 Å². The summed E-state index contributed by atoms with van der Waals surface area (Å²) in [5.74, 6) is 1.75. The van der Waals surface area contributed by atoms with Crippen molar-refractivity contribution in [2.24, 2.45) is 11.8 Å². The molecular formula is C22H28N4O. The van der Waals surface area contributed by atoms with E-state index < -0.39 is 0 Å². The lowest BCUT2D eigenvalue weighted by Crippen LogP contribution is -2.26. The zero-order chi connectivity index (χ0) is 18.4. The van der Waals surface area contributed by atoms with E-state index in [1.165, 1.54) is 22.7 Å². The third-order valence-corrected chi connectivity index (χ3v) is 6.89. The number of nitrogens with zero attached hydrogens (tertiary/aromatic N) is 3. The van der Waals surface area contributed by atoms with Crippen LogP contribution < -0.4 is 5.32 Å². The quantitative estimate of drug-likeness (QED) is 0.905. The molecule has 2 aromatic heterocycles. The van der Waals surface area contributed by atoms with Crippen molar-refractivity contribution in [2.75, 3.05) is 13.1 Å². The highest BCUT2D eigenvalue weighted by Crippen LogP contribution is 2.41. The van der Waals surface area contributed by atoms with Crippen LogP contribution in [0, 0.1) is 11.8 Å². The van der Waals surface area contributed by atoms with Gasteiger partial charge in [0.2, 0.25) is 0 Å². The minimum Gasteiger partial charge on any atom is -0.317 e. The predicted molar refractivity (Wildman–Crippen MR) is 106 cm³/mol. The van der Waals surface area contributed by atoms with E-state index in [1.807, 2.05) is 6.20 Å². The Morgan fingerprint density at radius 1 is 1.11 bits per heavy atom. The van der Waals surface area contributed by atoms with E-state index in [-0.39, 0.29) is 5.92 Å². The van der Waals surface area contributed by atoms with Crippen molar-refractivity contribution >= 4 is 17.0 Å². The van der Waals surface area contributed by atoms with Crippen molar-refractivity contribution in [1.29, 1.82) is 0 Å². The number of hydrogen-bond donors (Lipinski definition) is 1. The number of carbonyl (C=O) groups excluding carboxylic acids is 1. The summed E-state index contributed by atoms with van der Waals surface area (Å²) in [7, 11) is 0. The van der Waals surface area contributed by atoms with Crippen LogP contribution in [0.3, 0.4) is 0 Å². The maximum atomic E-state index is 11.7. The van der Waals surface area contributed by atoms with Gasteiger partial charge in [0.15, 0.2) is 5.65 Å². The molecule has 27 heavy (non-hydrogen) atoms. The summed E-state index contributed by atoms with van der Waals surface area (Å²) in [6.45, 7) is 3.91. The minimum absolute atomic E-state index is 0.274. The number of Topliss-reactive ketones (excluding diaryl/α,β-unsaturated/α-hetero) is 1. The fourth-order valence-corrected chi connectivity index (χ4v) is 5.26. The largest absolute Gasteiger partial charge is 0.317 e. The number of fused-ring (bicyclic) bond motifs is 3. The Morgan fingerprint density at radius 2 is 1.89 bits per heavy atom. The molecule has 0 bridgehead atoms. The SMILES string of the molecule is CC(=O)C1CCC(C2=CCc3ncc4nc(C5CCNCC5)cn4c32)CC1. The lowest BCUT2D eigenvalue weighted by molar-refractivity contribution is -0.121. The van der Waals surface area contributed by atoms with Crippen LogP contribution in [0.2, 0.25) is 0 Å². The highest BCUT2D eigenvalue weighted by Gasteiger charge is 2.31. The lowest BCUT2D eigenvalue weighted by atomic mass is 9.77. The van der Waals surface area contributed by atoms with Crippen LogP contribution in [0.4, 0.5) is 0 Å². The Hall–Kier alpha value is -2.01. The highest BCUT2D eigenvalue weighted by molar-refractivity contribution is 5.79. The van der Waals surface area contributed by atoms with E-state index in [9.17, 15) is 4.79 Å². The molecule has 2 fully saturated rings. The van der Waals surface area contributed by atoms with Crippen LogP contribution >= 0.6 is 0 Å². The monoisotopic (exact) mass is 364 g/mol. The van der Waals surface area contributed by atoms with Crippen molar-refractivity contribution in [3.05, 3.63) is 35.6 Å². The molecule has 5 rings (SSSR count). The first kappa shape index (κ1) is 17.1. The highest BCUT2D eigenvalue weighted by atomic mass is 16.1. The van der Waals surface area contributed by atoms with Crippen LogP contribution in [0.5, 0.6) is 0 Å². The standard InChI is InChI=1S/C22H28N4O/c1-14(27)15-2-4-16(5-3-15)18-6-7-19-22(18)26-13-20(25-21(26)12-24-19)17-8-10-23-11-9-17/h6,12-13,15-17,23H,2-5,7-11H2,1H3. The molecule has 142 valence electrons. The molecule has 1 saturated heterocycles. The molecule has 2 aromatic rings. The van der Waals surface area contributed by atoms with E-state index in [0.29, 0.717) is 17.6 Å². The average Bonchev–Trinajstić information content (AvgIpc) is 3.32. The number of allylic oxidation sites excluding steroid dienone is 2. The normalized spacial score (nSPS) is 26.2. The van der Waals surface area contributed by atoms with E-state index >= 15 is 0 Å². The third-order valence-electron chi connectivity index (χ3n) is 6.89.